The van der Waals surface area contributed by atoms with E-state index in [-0.39, 0.29) is 6.04 Å². The molecular weight excluding hydrogens is 451 g/mol. The first-order chi connectivity index (χ1) is 16.1. The van der Waals surface area contributed by atoms with Crippen molar-refractivity contribution >= 4 is 5.97 Å². The second kappa shape index (κ2) is 10.2. The highest BCUT2D eigenvalue weighted by atomic mass is 19.4. The number of aromatic nitrogens is 5. The Bertz CT molecular complexity index is 1250. The molecule has 1 atom stereocenters. The summed E-state index contributed by atoms with van der Waals surface area (Å²) in [5.74, 6) is -2.00. The van der Waals surface area contributed by atoms with E-state index >= 15 is 0 Å². The number of rotatable bonds is 5. The third-order valence-electron chi connectivity index (χ3n) is 4.90. The van der Waals surface area contributed by atoms with Gasteiger partial charge in [-0.25, -0.2) is 14.5 Å². The number of imidazole rings is 1. The van der Waals surface area contributed by atoms with Crippen LogP contribution in [-0.2, 0) is 4.79 Å². The first-order valence-corrected chi connectivity index (χ1v) is 10.1. The Morgan fingerprint density at radius 1 is 1.12 bits per heavy atom. The van der Waals surface area contributed by atoms with E-state index in [0.29, 0.717) is 0 Å². The molecule has 1 N–H and O–H groups in total. The molecule has 2 aromatic carbocycles. The maximum atomic E-state index is 10.6. The molecule has 0 fully saturated rings. The zero-order chi connectivity index (χ0) is 24.9. The molecule has 34 heavy (non-hydrogen) atoms. The first-order valence-electron chi connectivity index (χ1n) is 10.1. The summed E-state index contributed by atoms with van der Waals surface area (Å²) in [6.45, 7) is 4.07. The topological polar surface area (TPSA) is 95.1 Å². The molecule has 4 aromatic rings. The summed E-state index contributed by atoms with van der Waals surface area (Å²) in [6, 6.07) is 16.4. The number of hydrogen-bond donors (Lipinski definition) is 1. The largest absolute Gasteiger partial charge is 0.495 e. The Labute approximate surface area is 193 Å². The van der Waals surface area contributed by atoms with Crippen LogP contribution in [0.15, 0.2) is 67.3 Å². The molecule has 1 unspecified atom stereocenters. The quantitative estimate of drug-likeness (QED) is 0.452. The highest BCUT2D eigenvalue weighted by Crippen LogP contribution is 2.29. The number of methoxy groups -OCH3 is 1. The maximum Gasteiger partial charge on any atom is 0.490 e. The minimum atomic E-state index is -5.08. The predicted octanol–water partition coefficient (Wildman–Crippen LogP) is 4.69. The van der Waals surface area contributed by atoms with Crippen LogP contribution in [0.2, 0.25) is 0 Å². The highest BCUT2D eigenvalue weighted by molar-refractivity contribution is 5.73. The summed E-state index contributed by atoms with van der Waals surface area (Å²) in [6.07, 6.45) is 0.632. The average molecular weight is 473 g/mol. The molecule has 0 amide bonds. The molecule has 2 aromatic heterocycles. The zero-order valence-corrected chi connectivity index (χ0v) is 18.6. The van der Waals surface area contributed by atoms with Gasteiger partial charge >= 0.3 is 12.1 Å². The Morgan fingerprint density at radius 2 is 1.79 bits per heavy atom. The molecule has 4 rings (SSSR count). The van der Waals surface area contributed by atoms with E-state index in [0.717, 1.165) is 28.4 Å². The van der Waals surface area contributed by atoms with Gasteiger partial charge in [0, 0.05) is 11.8 Å². The van der Waals surface area contributed by atoms with Gasteiger partial charge in [0.1, 0.15) is 11.4 Å². The normalized spacial score (nSPS) is 11.9. The van der Waals surface area contributed by atoms with Crippen LogP contribution in [0.1, 0.15) is 24.2 Å². The Morgan fingerprint density at radius 3 is 2.35 bits per heavy atom. The van der Waals surface area contributed by atoms with Crippen molar-refractivity contribution in [3.8, 4) is 22.7 Å². The standard InChI is InChI=1S/C21H21N5O.C2HF3O2/c1-15-12-25(14-22-15)20-10-9-18(11-21(20)27-3)19-13-26(24-23-19)16(2)17-7-5-4-6-8-17;3-2(4,5)1(6)7/h4-14,16H,1-3H3;(H,6,7). The van der Waals surface area contributed by atoms with E-state index in [1.165, 1.54) is 5.56 Å². The predicted molar refractivity (Wildman–Crippen MR) is 118 cm³/mol. The summed E-state index contributed by atoms with van der Waals surface area (Å²) < 4.78 is 41.2. The number of carboxylic acids is 1. The van der Waals surface area contributed by atoms with Gasteiger partial charge in [0.2, 0.25) is 0 Å². The van der Waals surface area contributed by atoms with Crippen molar-refractivity contribution in [2.75, 3.05) is 7.11 Å². The van der Waals surface area contributed by atoms with Crippen molar-refractivity contribution in [2.45, 2.75) is 26.1 Å². The van der Waals surface area contributed by atoms with Crippen LogP contribution in [0.5, 0.6) is 5.75 Å². The van der Waals surface area contributed by atoms with Crippen molar-refractivity contribution in [3.05, 3.63) is 78.5 Å². The Hall–Kier alpha value is -4.15. The molecule has 0 spiro atoms. The fraction of sp³-hybridized carbons (Fsp3) is 0.217. The van der Waals surface area contributed by atoms with E-state index in [9.17, 15) is 13.2 Å². The lowest BCUT2D eigenvalue weighted by molar-refractivity contribution is -0.192. The molecule has 0 saturated heterocycles. The number of hydrogen-bond acceptors (Lipinski definition) is 5. The van der Waals surface area contributed by atoms with Crippen molar-refractivity contribution in [1.29, 1.82) is 0 Å². The molecule has 0 radical (unpaired) electrons. The zero-order valence-electron chi connectivity index (χ0n) is 18.6. The molecule has 0 aliphatic heterocycles. The lowest BCUT2D eigenvalue weighted by atomic mass is 10.1. The van der Waals surface area contributed by atoms with Gasteiger partial charge in [-0.2, -0.15) is 13.2 Å². The summed E-state index contributed by atoms with van der Waals surface area (Å²) in [5, 5.41) is 15.8. The summed E-state index contributed by atoms with van der Waals surface area (Å²) in [7, 11) is 1.67. The molecule has 2 heterocycles. The van der Waals surface area contributed by atoms with Crippen LogP contribution in [0, 0.1) is 6.92 Å². The van der Waals surface area contributed by atoms with E-state index in [4.69, 9.17) is 14.6 Å². The number of aliphatic carboxylic acids is 1. The summed E-state index contributed by atoms with van der Waals surface area (Å²) in [5.41, 5.74) is 4.85. The van der Waals surface area contributed by atoms with Crippen LogP contribution < -0.4 is 4.74 Å². The number of ether oxygens (including phenoxy) is 1. The van der Waals surface area contributed by atoms with E-state index in [1.54, 1.807) is 13.4 Å². The fourth-order valence-corrected chi connectivity index (χ4v) is 3.09. The van der Waals surface area contributed by atoms with Crippen LogP contribution in [-0.4, -0.2) is 48.9 Å². The Balaban J connectivity index is 0.000000406. The minimum absolute atomic E-state index is 0.113. The molecule has 11 heteroatoms. The van der Waals surface area contributed by atoms with Crippen molar-refractivity contribution in [1.82, 2.24) is 24.5 Å². The summed E-state index contributed by atoms with van der Waals surface area (Å²) in [4.78, 5) is 13.2. The lowest BCUT2D eigenvalue weighted by Crippen LogP contribution is -2.21. The number of nitrogens with zero attached hydrogens (tertiary/aromatic N) is 5. The van der Waals surface area contributed by atoms with Crippen LogP contribution in [0.25, 0.3) is 16.9 Å². The molecule has 178 valence electrons. The average Bonchev–Trinajstić information content (AvgIpc) is 3.48. The second-order valence-electron chi connectivity index (χ2n) is 7.28. The number of carbonyl (C=O) groups is 1. The van der Waals surface area contributed by atoms with Crippen LogP contribution in [0.4, 0.5) is 13.2 Å². The van der Waals surface area contributed by atoms with Gasteiger partial charge < -0.3 is 14.4 Å². The van der Waals surface area contributed by atoms with Gasteiger partial charge in [-0.3, -0.25) is 0 Å². The minimum Gasteiger partial charge on any atom is -0.495 e. The molecule has 0 saturated carbocycles. The number of halogens is 3. The highest BCUT2D eigenvalue weighted by Gasteiger charge is 2.38. The van der Waals surface area contributed by atoms with Gasteiger partial charge in [-0.1, -0.05) is 41.6 Å². The van der Waals surface area contributed by atoms with Gasteiger partial charge in [-0.15, -0.1) is 5.10 Å². The van der Waals surface area contributed by atoms with Crippen molar-refractivity contribution in [2.24, 2.45) is 0 Å². The van der Waals surface area contributed by atoms with Crippen LogP contribution >= 0.6 is 0 Å². The molecule has 0 aliphatic rings. The van der Waals surface area contributed by atoms with E-state index in [1.807, 2.05) is 65.0 Å². The number of alkyl halides is 3. The third kappa shape index (κ3) is 5.80. The van der Waals surface area contributed by atoms with Gasteiger partial charge in [0.05, 0.1) is 37.1 Å². The van der Waals surface area contributed by atoms with Gasteiger partial charge in [0.25, 0.3) is 0 Å². The van der Waals surface area contributed by atoms with E-state index in [2.05, 4.69) is 34.4 Å². The molecule has 8 nitrogen and oxygen atoms in total. The molecular formula is C23H22F3N5O3. The second-order valence-corrected chi connectivity index (χ2v) is 7.28. The van der Waals surface area contributed by atoms with Crippen LogP contribution in [0.3, 0.4) is 0 Å². The number of benzene rings is 2. The first kappa shape index (κ1) is 24.5. The SMILES string of the molecule is COc1cc(-c2cn(C(C)c3ccccc3)nn2)ccc1-n1cnc(C)c1.O=C(O)C(F)(F)F. The summed E-state index contributed by atoms with van der Waals surface area (Å²) >= 11 is 0. The smallest absolute Gasteiger partial charge is 0.490 e. The molecule has 0 bridgehead atoms. The number of carboxylic acid groups (broad SMARTS) is 1. The fourth-order valence-electron chi connectivity index (χ4n) is 3.09. The van der Waals surface area contributed by atoms with Gasteiger partial charge in [-0.05, 0) is 31.5 Å². The van der Waals surface area contributed by atoms with Crippen molar-refractivity contribution < 1.29 is 27.8 Å². The lowest BCUT2D eigenvalue weighted by Gasteiger charge is -2.11. The Kier molecular flexibility index (Phi) is 7.34. The van der Waals surface area contributed by atoms with Crippen molar-refractivity contribution in [3.63, 3.8) is 0 Å². The third-order valence-corrected chi connectivity index (χ3v) is 4.90. The maximum absolute atomic E-state index is 10.6. The number of aryl methyl sites for hydroxylation is 1. The molecule has 0 aliphatic carbocycles. The van der Waals surface area contributed by atoms with Gasteiger partial charge in [0.15, 0.2) is 0 Å². The monoisotopic (exact) mass is 473 g/mol. The van der Waals surface area contributed by atoms with E-state index < -0.39 is 12.1 Å².